The van der Waals surface area contributed by atoms with Gasteiger partial charge in [-0.1, -0.05) is 36.2 Å². The Morgan fingerprint density at radius 2 is 1.76 bits per heavy atom. The van der Waals surface area contributed by atoms with Crippen LogP contribution in [0.2, 0.25) is 0 Å². The third-order valence-corrected chi connectivity index (χ3v) is 3.42. The van der Waals surface area contributed by atoms with Gasteiger partial charge in [0.1, 0.15) is 6.04 Å². The molecule has 1 aliphatic rings. The molecule has 1 fully saturated rings. The van der Waals surface area contributed by atoms with E-state index in [4.69, 9.17) is 5.73 Å². The topological polar surface area (TPSA) is 46.3 Å². The van der Waals surface area contributed by atoms with Crippen molar-refractivity contribution >= 4 is 5.91 Å². The summed E-state index contributed by atoms with van der Waals surface area (Å²) in [5.41, 5.74) is 7.78. The van der Waals surface area contributed by atoms with Crippen molar-refractivity contribution in [2.75, 3.05) is 13.1 Å². The highest BCUT2D eigenvalue weighted by Crippen LogP contribution is 2.24. The summed E-state index contributed by atoms with van der Waals surface area (Å²) in [5.74, 6) is -0.240. The second kappa shape index (κ2) is 5.32. The molecule has 0 spiro atoms. The number of nitrogens with zero attached hydrogens (tertiary/aromatic N) is 1. The average molecular weight is 232 g/mol. The van der Waals surface area contributed by atoms with Crippen LogP contribution in [0, 0.1) is 6.92 Å². The second-order valence-corrected chi connectivity index (χ2v) is 4.81. The summed E-state index contributed by atoms with van der Waals surface area (Å²) in [4.78, 5) is 13.9. The van der Waals surface area contributed by atoms with Crippen LogP contribution in [-0.2, 0) is 4.79 Å². The summed E-state index contributed by atoms with van der Waals surface area (Å²) in [6.07, 6.45) is 3.58. The number of carbonyl (C=O) groups is 1. The molecule has 3 heteroatoms. The van der Waals surface area contributed by atoms with Gasteiger partial charge in [-0.2, -0.15) is 0 Å². The maximum Gasteiger partial charge on any atom is 0.239 e. The van der Waals surface area contributed by atoms with Crippen LogP contribution in [0.4, 0.5) is 0 Å². The van der Waals surface area contributed by atoms with E-state index < -0.39 is 0 Å². The minimum absolute atomic E-state index is 0.240. The van der Waals surface area contributed by atoms with Crippen molar-refractivity contribution in [2.45, 2.75) is 32.2 Å². The standard InChI is InChI=1S/C14H20N2O/c1-11-5-7-12(8-6-11)13(14(15)17)16-9-3-2-4-10-16/h5-8,13H,2-4,9-10H2,1H3,(H2,15,17). The number of hydrogen-bond acceptors (Lipinski definition) is 2. The van der Waals surface area contributed by atoms with Gasteiger partial charge >= 0.3 is 0 Å². The fraction of sp³-hybridized carbons (Fsp3) is 0.500. The first-order valence-corrected chi connectivity index (χ1v) is 6.28. The Morgan fingerprint density at radius 1 is 1.18 bits per heavy atom. The summed E-state index contributed by atoms with van der Waals surface area (Å²) in [7, 11) is 0. The van der Waals surface area contributed by atoms with Crippen LogP contribution < -0.4 is 5.73 Å². The molecule has 0 aromatic heterocycles. The molecule has 1 heterocycles. The molecular formula is C14H20N2O. The molecule has 2 N–H and O–H groups in total. The lowest BCUT2D eigenvalue weighted by Gasteiger charge is -2.32. The summed E-state index contributed by atoms with van der Waals surface area (Å²) in [6, 6.07) is 7.85. The van der Waals surface area contributed by atoms with Crippen molar-refractivity contribution in [2.24, 2.45) is 5.73 Å². The molecule has 1 unspecified atom stereocenters. The number of primary amides is 1. The van der Waals surface area contributed by atoms with E-state index in [9.17, 15) is 4.79 Å². The number of benzene rings is 1. The van der Waals surface area contributed by atoms with E-state index in [1.165, 1.54) is 12.0 Å². The predicted molar refractivity (Wildman–Crippen MR) is 68.5 cm³/mol. The Labute approximate surface area is 103 Å². The molecule has 0 aliphatic carbocycles. The van der Waals surface area contributed by atoms with Gasteiger partial charge in [-0.05, 0) is 38.4 Å². The van der Waals surface area contributed by atoms with Crippen LogP contribution >= 0.6 is 0 Å². The van der Waals surface area contributed by atoms with Crippen LogP contribution in [0.5, 0.6) is 0 Å². The first-order valence-electron chi connectivity index (χ1n) is 6.28. The fourth-order valence-electron chi connectivity index (χ4n) is 2.48. The van der Waals surface area contributed by atoms with Gasteiger partial charge in [-0.25, -0.2) is 0 Å². The Bertz CT molecular complexity index is 380. The monoisotopic (exact) mass is 232 g/mol. The molecule has 92 valence electrons. The highest BCUT2D eigenvalue weighted by Gasteiger charge is 2.26. The van der Waals surface area contributed by atoms with E-state index in [1.54, 1.807) is 0 Å². The number of aryl methyl sites for hydroxylation is 1. The Hall–Kier alpha value is -1.35. The Morgan fingerprint density at radius 3 is 2.29 bits per heavy atom. The van der Waals surface area contributed by atoms with Crippen LogP contribution in [0.3, 0.4) is 0 Å². The molecule has 1 saturated heterocycles. The Balaban J connectivity index is 2.21. The molecular weight excluding hydrogens is 212 g/mol. The summed E-state index contributed by atoms with van der Waals surface area (Å²) >= 11 is 0. The van der Waals surface area contributed by atoms with Crippen molar-refractivity contribution in [3.63, 3.8) is 0 Å². The van der Waals surface area contributed by atoms with Gasteiger partial charge in [-0.15, -0.1) is 0 Å². The van der Waals surface area contributed by atoms with Crippen LogP contribution in [0.1, 0.15) is 36.4 Å². The maximum absolute atomic E-state index is 11.7. The fourth-order valence-corrected chi connectivity index (χ4v) is 2.48. The van der Waals surface area contributed by atoms with Crippen LogP contribution in [-0.4, -0.2) is 23.9 Å². The van der Waals surface area contributed by atoms with Gasteiger partial charge in [0.05, 0.1) is 0 Å². The minimum Gasteiger partial charge on any atom is -0.368 e. The zero-order valence-corrected chi connectivity index (χ0v) is 10.4. The van der Waals surface area contributed by atoms with Gasteiger partial charge in [0.2, 0.25) is 5.91 Å². The maximum atomic E-state index is 11.7. The summed E-state index contributed by atoms with van der Waals surface area (Å²) < 4.78 is 0. The minimum atomic E-state index is -0.254. The van der Waals surface area contributed by atoms with Crippen molar-refractivity contribution in [3.8, 4) is 0 Å². The second-order valence-electron chi connectivity index (χ2n) is 4.81. The van der Waals surface area contributed by atoms with Gasteiger partial charge in [0, 0.05) is 0 Å². The predicted octanol–water partition coefficient (Wildman–Crippen LogP) is 2.01. The molecule has 1 aromatic carbocycles. The summed E-state index contributed by atoms with van der Waals surface area (Å²) in [6.45, 7) is 3.99. The van der Waals surface area contributed by atoms with Crippen molar-refractivity contribution in [1.29, 1.82) is 0 Å². The number of amides is 1. The van der Waals surface area contributed by atoms with Crippen molar-refractivity contribution in [1.82, 2.24) is 4.90 Å². The van der Waals surface area contributed by atoms with Crippen LogP contribution in [0.15, 0.2) is 24.3 Å². The smallest absolute Gasteiger partial charge is 0.239 e. The number of hydrogen-bond donors (Lipinski definition) is 1. The molecule has 0 radical (unpaired) electrons. The number of piperidine rings is 1. The molecule has 1 amide bonds. The SMILES string of the molecule is Cc1ccc(C(C(N)=O)N2CCCCC2)cc1. The van der Waals surface area contributed by atoms with E-state index in [0.717, 1.165) is 31.5 Å². The molecule has 17 heavy (non-hydrogen) atoms. The lowest BCUT2D eigenvalue weighted by Crippen LogP contribution is -2.40. The normalized spacial score (nSPS) is 18.9. The number of nitrogens with two attached hydrogens (primary N) is 1. The van der Waals surface area contributed by atoms with Gasteiger partial charge in [0.15, 0.2) is 0 Å². The third kappa shape index (κ3) is 2.86. The molecule has 1 aromatic rings. The first kappa shape index (κ1) is 12.1. The molecule has 1 atom stereocenters. The lowest BCUT2D eigenvalue weighted by atomic mass is 10.0. The largest absolute Gasteiger partial charge is 0.368 e. The van der Waals surface area contributed by atoms with E-state index >= 15 is 0 Å². The number of likely N-dealkylation sites (tertiary alicyclic amines) is 1. The third-order valence-electron chi connectivity index (χ3n) is 3.42. The quantitative estimate of drug-likeness (QED) is 0.866. The van der Waals surface area contributed by atoms with Crippen LogP contribution in [0.25, 0.3) is 0 Å². The zero-order valence-electron chi connectivity index (χ0n) is 10.4. The summed E-state index contributed by atoms with van der Waals surface area (Å²) in [5, 5.41) is 0. The van der Waals surface area contributed by atoms with E-state index in [0.29, 0.717) is 0 Å². The van der Waals surface area contributed by atoms with E-state index in [2.05, 4.69) is 4.90 Å². The molecule has 1 aliphatic heterocycles. The van der Waals surface area contributed by atoms with Gasteiger partial charge in [-0.3, -0.25) is 9.69 Å². The number of carbonyl (C=O) groups excluding carboxylic acids is 1. The van der Waals surface area contributed by atoms with Crippen molar-refractivity contribution in [3.05, 3.63) is 35.4 Å². The highest BCUT2D eigenvalue weighted by atomic mass is 16.1. The van der Waals surface area contributed by atoms with Crippen molar-refractivity contribution < 1.29 is 4.79 Å². The average Bonchev–Trinajstić information content (AvgIpc) is 2.33. The molecule has 0 bridgehead atoms. The molecule has 3 nitrogen and oxygen atoms in total. The highest BCUT2D eigenvalue weighted by molar-refractivity contribution is 5.81. The van der Waals surface area contributed by atoms with E-state index in [-0.39, 0.29) is 11.9 Å². The molecule has 2 rings (SSSR count). The number of rotatable bonds is 3. The first-order chi connectivity index (χ1) is 8.18. The lowest BCUT2D eigenvalue weighted by molar-refractivity contribution is -0.123. The Kier molecular flexibility index (Phi) is 3.79. The van der Waals surface area contributed by atoms with E-state index in [1.807, 2.05) is 31.2 Å². The van der Waals surface area contributed by atoms with Gasteiger partial charge < -0.3 is 5.73 Å². The molecule has 0 saturated carbocycles. The van der Waals surface area contributed by atoms with Gasteiger partial charge in [0.25, 0.3) is 0 Å². The zero-order chi connectivity index (χ0) is 12.3.